The van der Waals surface area contributed by atoms with Gasteiger partial charge in [0.15, 0.2) is 0 Å². The molecule has 4 nitrogen and oxygen atoms in total. The van der Waals surface area contributed by atoms with Gasteiger partial charge in [0.1, 0.15) is 6.61 Å². The second kappa shape index (κ2) is 6.85. The highest BCUT2D eigenvalue weighted by Crippen LogP contribution is 2.13. The van der Waals surface area contributed by atoms with Crippen LogP contribution in [0.25, 0.3) is 0 Å². The number of nitrogens with zero attached hydrogens (tertiary/aromatic N) is 1. The molecule has 2 rings (SSSR count). The maximum absolute atomic E-state index is 11.9. The fraction of sp³-hybridized carbons (Fsp3) is 0.200. The standard InChI is InChI=1S/C15H14N2O2S/c1-11-5-13(8-16-7-11)15(19)17-9-14-6-12(10-20-14)3-2-4-18/h5-8,10,18H,4,9H2,1H3,(H,17,19). The molecule has 102 valence electrons. The molecule has 0 unspecified atom stereocenters. The van der Waals surface area contributed by atoms with E-state index in [1.54, 1.807) is 18.5 Å². The Hall–Kier alpha value is -2.16. The Morgan fingerprint density at radius 1 is 1.45 bits per heavy atom. The topological polar surface area (TPSA) is 62.2 Å². The van der Waals surface area contributed by atoms with E-state index in [1.807, 2.05) is 18.4 Å². The molecule has 0 aliphatic rings. The number of aryl methyl sites for hydroxylation is 1. The number of rotatable bonds is 3. The first-order chi connectivity index (χ1) is 9.69. The highest BCUT2D eigenvalue weighted by Gasteiger charge is 2.06. The zero-order valence-electron chi connectivity index (χ0n) is 11.0. The number of pyridine rings is 1. The van der Waals surface area contributed by atoms with Gasteiger partial charge in [0, 0.05) is 28.2 Å². The molecule has 0 saturated heterocycles. The first-order valence-corrected chi connectivity index (χ1v) is 6.94. The molecule has 0 radical (unpaired) electrons. The van der Waals surface area contributed by atoms with Crippen molar-refractivity contribution >= 4 is 17.2 Å². The van der Waals surface area contributed by atoms with Crippen molar-refractivity contribution in [1.82, 2.24) is 10.3 Å². The van der Waals surface area contributed by atoms with Crippen LogP contribution in [0.4, 0.5) is 0 Å². The minimum atomic E-state index is -0.151. The van der Waals surface area contributed by atoms with Crippen molar-refractivity contribution in [2.24, 2.45) is 0 Å². The van der Waals surface area contributed by atoms with E-state index in [9.17, 15) is 4.79 Å². The fourth-order valence-electron chi connectivity index (χ4n) is 1.63. The molecule has 0 aliphatic carbocycles. The van der Waals surface area contributed by atoms with Crippen molar-refractivity contribution in [3.05, 3.63) is 51.5 Å². The Bertz CT molecular complexity index is 668. The lowest BCUT2D eigenvalue weighted by Crippen LogP contribution is -2.22. The number of thiophene rings is 1. The predicted octanol–water partition coefficient (Wildman–Crippen LogP) is 1.73. The van der Waals surface area contributed by atoms with Crippen LogP contribution >= 0.6 is 11.3 Å². The van der Waals surface area contributed by atoms with Gasteiger partial charge < -0.3 is 10.4 Å². The molecule has 0 spiro atoms. The van der Waals surface area contributed by atoms with E-state index in [2.05, 4.69) is 22.1 Å². The number of carbonyl (C=O) groups excluding carboxylic acids is 1. The molecule has 2 N–H and O–H groups in total. The van der Waals surface area contributed by atoms with Crippen LogP contribution in [-0.2, 0) is 6.54 Å². The summed E-state index contributed by atoms with van der Waals surface area (Å²) in [5, 5.41) is 13.4. The minimum absolute atomic E-state index is 0.141. The summed E-state index contributed by atoms with van der Waals surface area (Å²) in [4.78, 5) is 17.0. The summed E-state index contributed by atoms with van der Waals surface area (Å²) in [6.07, 6.45) is 3.26. The summed E-state index contributed by atoms with van der Waals surface area (Å²) in [5.41, 5.74) is 2.36. The van der Waals surface area contributed by atoms with Crippen LogP contribution in [0.15, 0.2) is 29.9 Å². The third kappa shape index (κ3) is 3.92. The van der Waals surface area contributed by atoms with Crippen LogP contribution in [0, 0.1) is 18.8 Å². The van der Waals surface area contributed by atoms with Gasteiger partial charge in [-0.3, -0.25) is 9.78 Å². The number of aliphatic hydroxyl groups excluding tert-OH is 1. The molecule has 0 fully saturated rings. The van der Waals surface area contributed by atoms with E-state index in [0.717, 1.165) is 16.0 Å². The minimum Gasteiger partial charge on any atom is -0.384 e. The van der Waals surface area contributed by atoms with Crippen molar-refractivity contribution in [2.45, 2.75) is 13.5 Å². The molecule has 2 aromatic rings. The third-order valence-corrected chi connectivity index (χ3v) is 3.46. The summed E-state index contributed by atoms with van der Waals surface area (Å²) in [5.74, 6) is 5.28. The predicted molar refractivity (Wildman–Crippen MR) is 78.4 cm³/mol. The smallest absolute Gasteiger partial charge is 0.253 e. The van der Waals surface area contributed by atoms with E-state index in [0.29, 0.717) is 12.1 Å². The number of nitrogens with one attached hydrogen (secondary N) is 1. The van der Waals surface area contributed by atoms with E-state index in [1.165, 1.54) is 11.3 Å². The second-order valence-corrected chi connectivity index (χ2v) is 5.19. The Labute approximate surface area is 121 Å². The van der Waals surface area contributed by atoms with E-state index in [-0.39, 0.29) is 12.5 Å². The van der Waals surface area contributed by atoms with Gasteiger partial charge in [0.25, 0.3) is 5.91 Å². The number of amides is 1. The Balaban J connectivity index is 1.95. The lowest BCUT2D eigenvalue weighted by atomic mass is 10.2. The summed E-state index contributed by atoms with van der Waals surface area (Å²) in [7, 11) is 0. The molecule has 5 heteroatoms. The molecular formula is C15H14N2O2S. The maximum atomic E-state index is 11.9. The molecule has 2 aromatic heterocycles. The summed E-state index contributed by atoms with van der Waals surface area (Å²) >= 11 is 1.53. The van der Waals surface area contributed by atoms with E-state index in [4.69, 9.17) is 5.11 Å². The van der Waals surface area contributed by atoms with Crippen LogP contribution in [0.1, 0.15) is 26.4 Å². The summed E-state index contributed by atoms with van der Waals surface area (Å²) < 4.78 is 0. The molecule has 0 atom stereocenters. The van der Waals surface area contributed by atoms with Gasteiger partial charge in [-0.1, -0.05) is 11.8 Å². The molecule has 1 amide bonds. The quantitative estimate of drug-likeness (QED) is 0.845. The Kier molecular flexibility index (Phi) is 4.88. The van der Waals surface area contributed by atoms with Gasteiger partial charge >= 0.3 is 0 Å². The van der Waals surface area contributed by atoms with E-state index < -0.39 is 0 Å². The first-order valence-electron chi connectivity index (χ1n) is 6.06. The molecule has 20 heavy (non-hydrogen) atoms. The molecular weight excluding hydrogens is 272 g/mol. The molecule has 0 aromatic carbocycles. The molecule has 2 heterocycles. The Morgan fingerprint density at radius 3 is 3.05 bits per heavy atom. The SMILES string of the molecule is Cc1cncc(C(=O)NCc2cc(C#CCO)cs2)c1. The van der Waals surface area contributed by atoms with Crippen molar-refractivity contribution in [2.75, 3.05) is 6.61 Å². The van der Waals surface area contributed by atoms with Crippen molar-refractivity contribution < 1.29 is 9.90 Å². The summed E-state index contributed by atoms with van der Waals surface area (Å²) in [6.45, 7) is 2.20. The average molecular weight is 286 g/mol. The van der Waals surface area contributed by atoms with Crippen LogP contribution in [0.3, 0.4) is 0 Å². The summed E-state index contributed by atoms with van der Waals surface area (Å²) in [6, 6.07) is 3.71. The normalized spacial score (nSPS) is 9.70. The van der Waals surface area contributed by atoms with Gasteiger partial charge in [0.2, 0.25) is 0 Å². The van der Waals surface area contributed by atoms with Gasteiger partial charge in [-0.2, -0.15) is 0 Å². The number of aromatic nitrogens is 1. The second-order valence-electron chi connectivity index (χ2n) is 4.20. The van der Waals surface area contributed by atoms with Gasteiger partial charge in [0.05, 0.1) is 12.1 Å². The van der Waals surface area contributed by atoms with Crippen molar-refractivity contribution in [1.29, 1.82) is 0 Å². The third-order valence-electron chi connectivity index (χ3n) is 2.53. The van der Waals surface area contributed by atoms with Gasteiger partial charge in [-0.15, -0.1) is 11.3 Å². The number of aliphatic hydroxyl groups is 1. The zero-order chi connectivity index (χ0) is 14.4. The molecule has 0 saturated carbocycles. The zero-order valence-corrected chi connectivity index (χ0v) is 11.8. The number of hydrogen-bond acceptors (Lipinski definition) is 4. The number of hydrogen-bond donors (Lipinski definition) is 2. The van der Waals surface area contributed by atoms with Gasteiger partial charge in [-0.25, -0.2) is 0 Å². The molecule has 0 bridgehead atoms. The highest BCUT2D eigenvalue weighted by molar-refractivity contribution is 7.10. The lowest BCUT2D eigenvalue weighted by molar-refractivity contribution is 0.0951. The van der Waals surface area contributed by atoms with Crippen LogP contribution in [-0.4, -0.2) is 22.6 Å². The van der Waals surface area contributed by atoms with Crippen molar-refractivity contribution in [3.8, 4) is 11.8 Å². The average Bonchev–Trinajstić information content (AvgIpc) is 2.90. The van der Waals surface area contributed by atoms with Crippen LogP contribution < -0.4 is 5.32 Å². The molecule has 0 aliphatic heterocycles. The van der Waals surface area contributed by atoms with Crippen molar-refractivity contribution in [3.63, 3.8) is 0 Å². The van der Waals surface area contributed by atoms with E-state index >= 15 is 0 Å². The van der Waals surface area contributed by atoms with Crippen LogP contribution in [0.2, 0.25) is 0 Å². The number of carbonyl (C=O) groups is 1. The first kappa shape index (κ1) is 14.3. The highest BCUT2D eigenvalue weighted by atomic mass is 32.1. The maximum Gasteiger partial charge on any atom is 0.253 e. The lowest BCUT2D eigenvalue weighted by Gasteiger charge is -2.03. The monoisotopic (exact) mass is 286 g/mol. The largest absolute Gasteiger partial charge is 0.384 e. The fourth-order valence-corrected chi connectivity index (χ4v) is 2.38. The van der Waals surface area contributed by atoms with Crippen LogP contribution in [0.5, 0.6) is 0 Å². The Morgan fingerprint density at radius 2 is 2.30 bits per heavy atom. The van der Waals surface area contributed by atoms with Gasteiger partial charge in [-0.05, 0) is 24.6 Å².